The van der Waals surface area contributed by atoms with Crippen LogP contribution in [0.4, 0.5) is 0 Å². The molecule has 2 aliphatic heterocycles. The molecule has 0 spiro atoms. The number of nitrogens with one attached hydrogen (secondary N) is 1. The van der Waals surface area contributed by atoms with Gasteiger partial charge >= 0.3 is 0 Å². The first kappa shape index (κ1) is 33.4. The highest BCUT2D eigenvalue weighted by molar-refractivity contribution is 7.88. The van der Waals surface area contributed by atoms with Gasteiger partial charge in [0.15, 0.2) is 0 Å². The van der Waals surface area contributed by atoms with E-state index in [-0.39, 0.29) is 6.04 Å². The standard InChI is InChI=1S/C37H42ClN5O3S/c1-28(31-10-4-3-5-11-31)39-26-30-9-6-8-29(24-30)12-13-32-25-33(14-15-35(32)38)37-34-27-42(47(2,44)45)19-16-36(34)43(40-37)18-7-17-41-20-22-46-23-21-41/h3-6,8-11,14-15,24-25,28,39H,7,16-23,26-27H2,1-2H3. The van der Waals surface area contributed by atoms with Gasteiger partial charge in [0, 0.05) is 86.2 Å². The lowest BCUT2D eigenvalue weighted by Crippen LogP contribution is -2.37. The maximum Gasteiger partial charge on any atom is 0.211 e. The van der Waals surface area contributed by atoms with Crippen LogP contribution in [0.2, 0.25) is 5.02 Å². The summed E-state index contributed by atoms with van der Waals surface area (Å²) in [5.41, 5.74) is 7.75. The highest BCUT2D eigenvalue weighted by atomic mass is 35.5. The summed E-state index contributed by atoms with van der Waals surface area (Å²) in [4.78, 5) is 2.42. The minimum absolute atomic E-state index is 0.232. The lowest BCUT2D eigenvalue weighted by atomic mass is 10.0. The van der Waals surface area contributed by atoms with E-state index < -0.39 is 10.0 Å². The molecule has 1 aromatic heterocycles. The van der Waals surface area contributed by atoms with E-state index in [1.165, 1.54) is 16.1 Å². The molecule has 246 valence electrons. The van der Waals surface area contributed by atoms with Crippen LogP contribution in [0.1, 0.15) is 52.9 Å². The second-order valence-corrected chi connectivity index (χ2v) is 14.7. The number of nitrogens with zero attached hydrogens (tertiary/aromatic N) is 4. The first-order valence-corrected chi connectivity index (χ1v) is 18.5. The van der Waals surface area contributed by atoms with Gasteiger partial charge in [0.05, 0.1) is 30.2 Å². The van der Waals surface area contributed by atoms with Crippen molar-refractivity contribution < 1.29 is 13.2 Å². The summed E-state index contributed by atoms with van der Waals surface area (Å²) in [6.07, 6.45) is 2.86. The van der Waals surface area contributed by atoms with Crippen LogP contribution in [0, 0.1) is 11.8 Å². The van der Waals surface area contributed by atoms with Crippen LogP contribution in [0.25, 0.3) is 11.3 Å². The van der Waals surface area contributed by atoms with E-state index in [0.717, 1.165) is 86.0 Å². The lowest BCUT2D eigenvalue weighted by molar-refractivity contribution is 0.0368. The van der Waals surface area contributed by atoms with Crippen molar-refractivity contribution in [2.75, 3.05) is 45.6 Å². The van der Waals surface area contributed by atoms with Gasteiger partial charge in [0.1, 0.15) is 0 Å². The van der Waals surface area contributed by atoms with Crippen molar-refractivity contribution in [3.8, 4) is 23.1 Å². The largest absolute Gasteiger partial charge is 0.379 e. The van der Waals surface area contributed by atoms with Crippen molar-refractivity contribution in [1.29, 1.82) is 0 Å². The van der Waals surface area contributed by atoms with Crippen LogP contribution in [0.15, 0.2) is 72.8 Å². The second kappa shape index (κ2) is 15.2. The fourth-order valence-corrected chi connectivity index (χ4v) is 7.18. The highest BCUT2D eigenvalue weighted by Crippen LogP contribution is 2.33. The minimum atomic E-state index is -3.34. The average molecular weight is 672 g/mol. The molecule has 1 unspecified atom stereocenters. The Bertz CT molecular complexity index is 1860. The summed E-state index contributed by atoms with van der Waals surface area (Å²) < 4.78 is 34.2. The molecule has 4 aromatic rings. The molecule has 1 saturated heterocycles. The van der Waals surface area contributed by atoms with Crippen molar-refractivity contribution in [3.05, 3.63) is 111 Å². The molecule has 0 saturated carbocycles. The lowest BCUT2D eigenvalue weighted by Gasteiger charge is -2.27. The van der Waals surface area contributed by atoms with Gasteiger partial charge in [-0.3, -0.25) is 9.58 Å². The zero-order valence-electron chi connectivity index (χ0n) is 27.1. The molecule has 0 aliphatic carbocycles. The van der Waals surface area contributed by atoms with Gasteiger partial charge in [0.2, 0.25) is 10.0 Å². The van der Waals surface area contributed by atoms with Crippen LogP contribution in [-0.2, 0) is 40.8 Å². The van der Waals surface area contributed by atoms with E-state index in [9.17, 15) is 8.42 Å². The molecule has 47 heavy (non-hydrogen) atoms. The predicted molar refractivity (Wildman–Crippen MR) is 188 cm³/mol. The summed E-state index contributed by atoms with van der Waals surface area (Å²) in [5, 5.41) is 9.23. The Morgan fingerprint density at radius 3 is 2.57 bits per heavy atom. The quantitative estimate of drug-likeness (QED) is 0.225. The normalized spacial score (nSPS) is 16.3. The molecule has 0 amide bonds. The third-order valence-electron chi connectivity index (χ3n) is 8.94. The van der Waals surface area contributed by atoms with Gasteiger partial charge in [-0.05, 0) is 48.7 Å². The maximum atomic E-state index is 12.5. The van der Waals surface area contributed by atoms with E-state index in [1.807, 2.05) is 36.4 Å². The van der Waals surface area contributed by atoms with Crippen molar-refractivity contribution >= 4 is 21.6 Å². The molecule has 1 N–H and O–H groups in total. The number of hydrogen-bond donors (Lipinski definition) is 1. The van der Waals surface area contributed by atoms with Gasteiger partial charge in [-0.1, -0.05) is 72.0 Å². The molecule has 3 heterocycles. The van der Waals surface area contributed by atoms with Gasteiger partial charge in [-0.2, -0.15) is 9.40 Å². The third kappa shape index (κ3) is 8.52. The number of benzene rings is 3. The molecule has 0 radical (unpaired) electrons. The third-order valence-corrected chi connectivity index (χ3v) is 10.5. The number of ether oxygens (including phenoxy) is 1. The highest BCUT2D eigenvalue weighted by Gasteiger charge is 2.30. The number of hydrogen-bond acceptors (Lipinski definition) is 6. The summed E-state index contributed by atoms with van der Waals surface area (Å²) >= 11 is 6.66. The summed E-state index contributed by atoms with van der Waals surface area (Å²) in [7, 11) is -3.34. The number of sulfonamides is 1. The minimum Gasteiger partial charge on any atom is -0.379 e. The summed E-state index contributed by atoms with van der Waals surface area (Å²) in [5.74, 6) is 6.59. The van der Waals surface area contributed by atoms with Gasteiger partial charge in [-0.15, -0.1) is 0 Å². The number of aromatic nitrogens is 2. The number of rotatable bonds is 10. The van der Waals surface area contributed by atoms with E-state index in [0.29, 0.717) is 30.1 Å². The van der Waals surface area contributed by atoms with Crippen LogP contribution in [-0.4, -0.2) is 73.1 Å². The average Bonchev–Trinajstić information content (AvgIpc) is 3.45. The van der Waals surface area contributed by atoms with Crippen molar-refractivity contribution in [3.63, 3.8) is 0 Å². The maximum absolute atomic E-state index is 12.5. The fraction of sp³-hybridized carbons (Fsp3) is 0.378. The van der Waals surface area contributed by atoms with Crippen LogP contribution in [0.5, 0.6) is 0 Å². The van der Waals surface area contributed by atoms with Gasteiger partial charge in [0.25, 0.3) is 0 Å². The van der Waals surface area contributed by atoms with Crippen molar-refractivity contribution in [2.24, 2.45) is 0 Å². The Labute approximate surface area is 283 Å². The molecule has 10 heteroatoms. The second-order valence-electron chi connectivity index (χ2n) is 12.3. The molecule has 1 fully saturated rings. The number of fused-ring (bicyclic) bond motifs is 1. The topological polar surface area (TPSA) is 79.7 Å². The molecule has 1 atom stereocenters. The van der Waals surface area contributed by atoms with Gasteiger partial charge in [-0.25, -0.2) is 8.42 Å². The first-order chi connectivity index (χ1) is 22.7. The number of aryl methyl sites for hydroxylation is 1. The molecule has 3 aromatic carbocycles. The van der Waals surface area contributed by atoms with E-state index in [1.54, 1.807) is 0 Å². The fourth-order valence-electron chi connectivity index (χ4n) is 6.23. The van der Waals surface area contributed by atoms with Gasteiger partial charge < -0.3 is 10.1 Å². The molecule has 8 nitrogen and oxygen atoms in total. The first-order valence-electron chi connectivity index (χ1n) is 16.3. The zero-order valence-corrected chi connectivity index (χ0v) is 28.7. The number of morpholine rings is 1. The van der Waals surface area contributed by atoms with E-state index in [4.69, 9.17) is 21.4 Å². The predicted octanol–water partition coefficient (Wildman–Crippen LogP) is 5.49. The molecule has 2 aliphatic rings. The monoisotopic (exact) mass is 671 g/mol. The zero-order chi connectivity index (χ0) is 32.8. The van der Waals surface area contributed by atoms with Crippen LogP contribution >= 0.6 is 11.6 Å². The molecule has 6 rings (SSSR count). The SMILES string of the molecule is CC(NCc1cccc(C#Cc2cc(-c3nn(CCCN4CCOCC4)c4c3CN(S(C)(=O)=O)CC4)ccc2Cl)c1)c1ccccc1. The molecular formula is C37H42ClN5O3S. The Balaban J connectivity index is 1.22. The smallest absolute Gasteiger partial charge is 0.211 e. The summed E-state index contributed by atoms with van der Waals surface area (Å²) in [6.45, 7) is 8.87. The van der Waals surface area contributed by atoms with Crippen LogP contribution < -0.4 is 5.32 Å². The van der Waals surface area contributed by atoms with Crippen molar-refractivity contribution in [1.82, 2.24) is 24.3 Å². The Morgan fingerprint density at radius 2 is 1.79 bits per heavy atom. The molecule has 0 bridgehead atoms. The van der Waals surface area contributed by atoms with Crippen LogP contribution in [0.3, 0.4) is 0 Å². The summed E-state index contributed by atoms with van der Waals surface area (Å²) in [6, 6.07) is 24.7. The Kier molecular flexibility index (Phi) is 10.8. The number of halogens is 1. The van der Waals surface area contributed by atoms with Crippen molar-refractivity contribution in [2.45, 2.75) is 45.4 Å². The Hall–Kier alpha value is -3.49. The molecular weight excluding hydrogens is 630 g/mol. The van der Waals surface area contributed by atoms with E-state index >= 15 is 0 Å². The van der Waals surface area contributed by atoms with E-state index in [2.05, 4.69) is 70.1 Å². The Morgan fingerprint density at radius 1 is 0.979 bits per heavy atom.